The standard InChI is InChI=1S/C19H19N5O2/c1-11-6-4-5-7-13(11)14-10-16(25)20-19-18(14)12(2)23-24(19)15-8-9-17(26-3)22-21-15/h4-9,14H,10H2,1-3H3,(H,20,25)/t14-/m1/s1. The molecule has 132 valence electrons. The maximum Gasteiger partial charge on any atom is 0.233 e. The number of nitrogens with zero attached hydrogens (tertiary/aromatic N) is 4. The van der Waals surface area contributed by atoms with E-state index in [1.807, 2.05) is 19.1 Å². The number of carbonyl (C=O) groups excluding carboxylic acids is 1. The van der Waals surface area contributed by atoms with E-state index in [1.54, 1.807) is 16.8 Å². The molecule has 1 N–H and O–H groups in total. The molecule has 0 radical (unpaired) electrons. The molecule has 0 spiro atoms. The van der Waals surface area contributed by atoms with Crippen molar-refractivity contribution in [3.05, 3.63) is 58.8 Å². The first-order valence-corrected chi connectivity index (χ1v) is 8.41. The fourth-order valence-corrected chi connectivity index (χ4v) is 3.49. The van der Waals surface area contributed by atoms with Crippen molar-refractivity contribution < 1.29 is 9.53 Å². The third-order valence-corrected chi connectivity index (χ3v) is 4.72. The third kappa shape index (κ3) is 2.61. The Labute approximate surface area is 151 Å². The molecule has 26 heavy (non-hydrogen) atoms. The summed E-state index contributed by atoms with van der Waals surface area (Å²) in [7, 11) is 1.54. The third-order valence-electron chi connectivity index (χ3n) is 4.72. The highest BCUT2D eigenvalue weighted by atomic mass is 16.5. The molecular weight excluding hydrogens is 330 g/mol. The number of nitrogens with one attached hydrogen (secondary N) is 1. The van der Waals surface area contributed by atoms with Gasteiger partial charge in [-0.05, 0) is 31.0 Å². The molecular formula is C19H19N5O2. The number of methoxy groups -OCH3 is 1. The van der Waals surface area contributed by atoms with E-state index >= 15 is 0 Å². The number of hydrogen-bond acceptors (Lipinski definition) is 5. The molecule has 0 aliphatic carbocycles. The highest BCUT2D eigenvalue weighted by Crippen LogP contribution is 2.40. The molecule has 0 saturated carbocycles. The summed E-state index contributed by atoms with van der Waals surface area (Å²) in [4.78, 5) is 12.4. The van der Waals surface area contributed by atoms with Crippen molar-refractivity contribution in [2.24, 2.45) is 0 Å². The lowest BCUT2D eigenvalue weighted by Crippen LogP contribution is -2.25. The van der Waals surface area contributed by atoms with Crippen LogP contribution >= 0.6 is 0 Å². The molecule has 0 bridgehead atoms. The van der Waals surface area contributed by atoms with Crippen LogP contribution in [0.25, 0.3) is 5.82 Å². The van der Waals surface area contributed by atoms with Crippen LogP contribution in [0, 0.1) is 13.8 Å². The Morgan fingerprint density at radius 3 is 2.65 bits per heavy atom. The minimum Gasteiger partial charge on any atom is -0.480 e. The van der Waals surface area contributed by atoms with Crippen LogP contribution in [0.4, 0.5) is 5.82 Å². The van der Waals surface area contributed by atoms with Gasteiger partial charge in [0.1, 0.15) is 5.82 Å². The normalized spacial score (nSPS) is 16.1. The molecule has 7 heteroatoms. The van der Waals surface area contributed by atoms with Gasteiger partial charge in [0.2, 0.25) is 11.8 Å². The van der Waals surface area contributed by atoms with Crippen molar-refractivity contribution in [3.8, 4) is 11.7 Å². The average molecular weight is 349 g/mol. The molecule has 1 aromatic carbocycles. The van der Waals surface area contributed by atoms with Crippen molar-refractivity contribution in [3.63, 3.8) is 0 Å². The number of aryl methyl sites for hydroxylation is 2. The van der Waals surface area contributed by atoms with Gasteiger partial charge in [0.15, 0.2) is 5.82 Å². The van der Waals surface area contributed by atoms with Gasteiger partial charge >= 0.3 is 0 Å². The molecule has 3 aromatic rings. The van der Waals surface area contributed by atoms with Crippen LogP contribution in [-0.2, 0) is 4.79 Å². The minimum absolute atomic E-state index is 0.0279. The molecule has 1 atom stereocenters. The number of fused-ring (bicyclic) bond motifs is 1. The number of amides is 1. The molecule has 1 aliphatic rings. The second-order valence-corrected chi connectivity index (χ2v) is 6.35. The highest BCUT2D eigenvalue weighted by molar-refractivity contribution is 5.95. The van der Waals surface area contributed by atoms with E-state index in [-0.39, 0.29) is 11.8 Å². The molecule has 1 amide bonds. The smallest absolute Gasteiger partial charge is 0.233 e. The van der Waals surface area contributed by atoms with E-state index < -0.39 is 0 Å². The first-order valence-electron chi connectivity index (χ1n) is 8.41. The Hall–Kier alpha value is -3.22. The van der Waals surface area contributed by atoms with Gasteiger partial charge in [0.25, 0.3) is 0 Å². The molecule has 7 nitrogen and oxygen atoms in total. The minimum atomic E-state index is -0.0339. The summed E-state index contributed by atoms with van der Waals surface area (Å²) in [5.41, 5.74) is 4.20. The van der Waals surface area contributed by atoms with Crippen molar-refractivity contribution >= 4 is 11.7 Å². The molecule has 2 aromatic heterocycles. The lowest BCUT2D eigenvalue weighted by Gasteiger charge is -2.25. The van der Waals surface area contributed by atoms with Gasteiger partial charge in [0.05, 0.1) is 12.8 Å². The van der Waals surface area contributed by atoms with Gasteiger partial charge < -0.3 is 10.1 Å². The summed E-state index contributed by atoms with van der Waals surface area (Å²) in [6.07, 6.45) is 0.401. The highest BCUT2D eigenvalue weighted by Gasteiger charge is 2.33. The van der Waals surface area contributed by atoms with Gasteiger partial charge in [-0.15, -0.1) is 10.2 Å². The van der Waals surface area contributed by atoms with E-state index in [4.69, 9.17) is 4.74 Å². The number of rotatable bonds is 3. The van der Waals surface area contributed by atoms with Gasteiger partial charge in [-0.3, -0.25) is 4.79 Å². The van der Waals surface area contributed by atoms with Gasteiger partial charge in [-0.2, -0.15) is 9.78 Å². The van der Waals surface area contributed by atoms with Crippen LogP contribution in [-0.4, -0.2) is 33.0 Å². The van der Waals surface area contributed by atoms with Crippen LogP contribution in [0.3, 0.4) is 0 Å². The van der Waals surface area contributed by atoms with Gasteiger partial charge in [-0.25, -0.2) is 0 Å². The summed E-state index contributed by atoms with van der Waals surface area (Å²) in [6.45, 7) is 4.02. The van der Waals surface area contributed by atoms with E-state index in [0.29, 0.717) is 23.9 Å². The van der Waals surface area contributed by atoms with Crippen LogP contribution in [0.15, 0.2) is 36.4 Å². The maximum absolute atomic E-state index is 12.4. The van der Waals surface area contributed by atoms with E-state index in [9.17, 15) is 4.79 Å². The molecule has 4 rings (SSSR count). The van der Waals surface area contributed by atoms with Crippen molar-refractivity contribution in [1.82, 2.24) is 20.0 Å². The molecule has 0 unspecified atom stereocenters. The van der Waals surface area contributed by atoms with E-state index in [1.165, 1.54) is 7.11 Å². The summed E-state index contributed by atoms with van der Waals surface area (Å²) in [5, 5.41) is 15.7. The Balaban J connectivity index is 1.86. The predicted molar refractivity (Wildman–Crippen MR) is 96.7 cm³/mol. The number of carbonyl (C=O) groups is 1. The summed E-state index contributed by atoms with van der Waals surface area (Å²) in [5.74, 6) is 1.55. The Bertz CT molecular complexity index is 978. The largest absolute Gasteiger partial charge is 0.480 e. The first-order chi connectivity index (χ1) is 12.6. The van der Waals surface area contributed by atoms with Crippen molar-refractivity contribution in [2.75, 3.05) is 12.4 Å². The molecule has 3 heterocycles. The Kier molecular flexibility index (Phi) is 3.91. The first kappa shape index (κ1) is 16.3. The van der Waals surface area contributed by atoms with Crippen LogP contribution in [0.5, 0.6) is 5.88 Å². The zero-order valence-electron chi connectivity index (χ0n) is 14.9. The second kappa shape index (κ2) is 6.25. The Morgan fingerprint density at radius 1 is 1.15 bits per heavy atom. The maximum atomic E-state index is 12.4. The fourth-order valence-electron chi connectivity index (χ4n) is 3.49. The molecule has 0 saturated heterocycles. The molecule has 0 fully saturated rings. The monoisotopic (exact) mass is 349 g/mol. The molecule has 1 aliphatic heterocycles. The van der Waals surface area contributed by atoms with Crippen molar-refractivity contribution in [1.29, 1.82) is 0 Å². The summed E-state index contributed by atoms with van der Waals surface area (Å²) < 4.78 is 6.69. The van der Waals surface area contributed by atoms with Crippen LogP contribution in [0.2, 0.25) is 0 Å². The number of ether oxygens (including phenoxy) is 1. The predicted octanol–water partition coefficient (Wildman–Crippen LogP) is 2.76. The fraction of sp³-hybridized carbons (Fsp3) is 0.263. The van der Waals surface area contributed by atoms with Crippen molar-refractivity contribution in [2.45, 2.75) is 26.2 Å². The van der Waals surface area contributed by atoms with Crippen LogP contribution in [0.1, 0.15) is 34.7 Å². The zero-order valence-corrected chi connectivity index (χ0v) is 14.9. The topological polar surface area (TPSA) is 81.9 Å². The number of aromatic nitrogens is 4. The number of anilines is 1. The average Bonchev–Trinajstić information content (AvgIpc) is 2.98. The summed E-state index contributed by atoms with van der Waals surface area (Å²) in [6, 6.07) is 11.6. The lowest BCUT2D eigenvalue weighted by atomic mass is 9.84. The van der Waals surface area contributed by atoms with Crippen LogP contribution < -0.4 is 10.1 Å². The van der Waals surface area contributed by atoms with Gasteiger partial charge in [0, 0.05) is 24.0 Å². The van der Waals surface area contributed by atoms with Gasteiger partial charge in [-0.1, -0.05) is 24.3 Å². The van der Waals surface area contributed by atoms with E-state index in [2.05, 4.69) is 39.7 Å². The second-order valence-electron chi connectivity index (χ2n) is 6.35. The lowest BCUT2D eigenvalue weighted by molar-refractivity contribution is -0.116. The number of benzene rings is 1. The quantitative estimate of drug-likeness (QED) is 0.786. The number of hydrogen-bond donors (Lipinski definition) is 1. The zero-order chi connectivity index (χ0) is 18.3. The Morgan fingerprint density at radius 2 is 1.96 bits per heavy atom. The SMILES string of the molecule is COc1ccc(-n2nc(C)c3c2NC(=O)C[C@@H]3c2ccccc2C)nn1. The van der Waals surface area contributed by atoms with E-state index in [0.717, 1.165) is 22.4 Å². The summed E-state index contributed by atoms with van der Waals surface area (Å²) >= 11 is 0.